The summed E-state index contributed by atoms with van der Waals surface area (Å²) in [5, 5.41) is 10.1. The van der Waals surface area contributed by atoms with Crippen molar-refractivity contribution in [2.24, 2.45) is 0 Å². The monoisotopic (exact) mass is 654 g/mol. The minimum Gasteiger partial charge on any atom is -0.382 e. The van der Waals surface area contributed by atoms with Crippen LogP contribution in [0.5, 0.6) is 0 Å². The fraction of sp³-hybridized carbons (Fsp3) is 0.486. The van der Waals surface area contributed by atoms with Crippen molar-refractivity contribution >= 4 is 35.0 Å². The predicted molar refractivity (Wildman–Crippen MR) is 191 cm³/mol. The maximum atomic E-state index is 12.8. The van der Waals surface area contributed by atoms with Crippen molar-refractivity contribution in [1.82, 2.24) is 29.7 Å². The normalized spacial score (nSPS) is 19.8. The van der Waals surface area contributed by atoms with Gasteiger partial charge in [-0.05, 0) is 57.3 Å². The van der Waals surface area contributed by atoms with E-state index in [0.29, 0.717) is 23.9 Å². The van der Waals surface area contributed by atoms with Crippen molar-refractivity contribution in [2.45, 2.75) is 96.9 Å². The van der Waals surface area contributed by atoms with Gasteiger partial charge in [-0.15, -0.1) is 0 Å². The molecular weight excluding hydrogens is 604 g/mol. The van der Waals surface area contributed by atoms with Crippen LogP contribution in [0.3, 0.4) is 0 Å². The van der Waals surface area contributed by atoms with Crippen LogP contribution in [0.1, 0.15) is 102 Å². The van der Waals surface area contributed by atoms with E-state index in [1.807, 2.05) is 72.1 Å². The molecule has 0 radical (unpaired) electrons. The van der Waals surface area contributed by atoms with Gasteiger partial charge < -0.3 is 20.9 Å². The van der Waals surface area contributed by atoms with Crippen molar-refractivity contribution in [2.75, 3.05) is 31.2 Å². The Kier molecular flexibility index (Phi) is 11.0. The third kappa shape index (κ3) is 8.13. The highest BCUT2D eigenvalue weighted by atomic mass is 16.5. The van der Waals surface area contributed by atoms with Gasteiger partial charge in [0, 0.05) is 29.0 Å². The number of nitrogens with zero attached hydrogens (tertiary/aromatic N) is 5. The molecule has 1 aromatic carbocycles. The number of fused-ring (bicyclic) bond motifs is 3. The Bertz CT molecular complexity index is 1750. The Morgan fingerprint density at radius 2 is 1.92 bits per heavy atom. The third-order valence-electron chi connectivity index (χ3n) is 8.87. The number of likely N-dealkylation sites (N-methyl/N-ethyl adjacent to an activating group) is 1. The number of benzene rings is 1. The van der Waals surface area contributed by atoms with Crippen LogP contribution in [0.25, 0.3) is 22.9 Å². The molecule has 0 unspecified atom stereocenters. The van der Waals surface area contributed by atoms with Gasteiger partial charge in [-0.1, -0.05) is 76.5 Å². The van der Waals surface area contributed by atoms with Gasteiger partial charge in [0.2, 0.25) is 11.8 Å². The fourth-order valence-electron chi connectivity index (χ4n) is 6.46. The number of hydrogen-bond acceptors (Lipinski definition) is 8. The summed E-state index contributed by atoms with van der Waals surface area (Å²) in [4.78, 5) is 37.5. The molecule has 4 heterocycles. The Hall–Kier alpha value is -4.51. The first-order chi connectivity index (χ1) is 23.0. The zero-order valence-corrected chi connectivity index (χ0v) is 29.2. The average Bonchev–Trinajstić information content (AvgIpc) is 3.69. The number of anilines is 2. The Labute approximate surface area is 283 Å². The van der Waals surface area contributed by atoms with Crippen molar-refractivity contribution in [1.29, 1.82) is 0 Å². The molecule has 1 fully saturated rings. The zero-order chi connectivity index (χ0) is 34.4. The van der Waals surface area contributed by atoms with E-state index in [9.17, 15) is 9.59 Å². The minimum atomic E-state index is -0.197. The molecule has 11 nitrogen and oxygen atoms in total. The van der Waals surface area contributed by atoms with Gasteiger partial charge in [-0.25, -0.2) is 9.97 Å². The van der Waals surface area contributed by atoms with E-state index in [1.165, 1.54) is 0 Å². The first-order valence-electron chi connectivity index (χ1n) is 17.2. The highest BCUT2D eigenvalue weighted by Crippen LogP contribution is 2.38. The number of hydrogen-bond donors (Lipinski definition) is 3. The second kappa shape index (κ2) is 15.1. The summed E-state index contributed by atoms with van der Waals surface area (Å²) in [5.41, 5.74) is 10.6. The average molecular weight is 655 g/mol. The first-order valence-corrected chi connectivity index (χ1v) is 17.2. The van der Waals surface area contributed by atoms with Crippen LogP contribution in [-0.2, 0) is 21.4 Å². The summed E-state index contributed by atoms with van der Waals surface area (Å²) in [6, 6.07) is 9.71. The van der Waals surface area contributed by atoms with E-state index in [2.05, 4.69) is 42.2 Å². The largest absolute Gasteiger partial charge is 0.382 e. The topological polar surface area (TPSA) is 144 Å². The molecule has 0 saturated heterocycles. The third-order valence-corrected chi connectivity index (χ3v) is 8.87. The molecular formula is C37H50N8O3. The molecule has 2 amide bonds. The van der Waals surface area contributed by atoms with Crippen LogP contribution < -0.4 is 16.4 Å². The van der Waals surface area contributed by atoms with E-state index >= 15 is 0 Å². The van der Waals surface area contributed by atoms with Crippen molar-refractivity contribution in [3.05, 3.63) is 65.4 Å². The first kappa shape index (κ1) is 34.8. The maximum absolute atomic E-state index is 12.8. The SMILES string of the molecule is CC.CN1CCC/C=C/c2cnc(N)c3c(-c4ccc(CC(=O)Nc5cc(C(C)(C)C)on5)cc4)nc(n23)[C@@H]2CCC[C@H](C2)NC(=O)C1. The molecule has 2 aliphatic rings. The number of carbonyl (C=O) groups is 2. The molecule has 3 aromatic heterocycles. The highest BCUT2D eigenvalue weighted by Gasteiger charge is 2.30. The van der Waals surface area contributed by atoms with Crippen LogP contribution in [0.4, 0.5) is 11.6 Å². The fourth-order valence-corrected chi connectivity index (χ4v) is 6.46. The van der Waals surface area contributed by atoms with Crippen molar-refractivity contribution in [3.63, 3.8) is 0 Å². The van der Waals surface area contributed by atoms with Gasteiger partial charge in [-0.2, -0.15) is 0 Å². The lowest BCUT2D eigenvalue weighted by Crippen LogP contribution is -2.43. The Morgan fingerprint density at radius 3 is 2.65 bits per heavy atom. The standard InChI is InChI=1S/C35H44N8O3.C2H6/c1-35(2,3)27-19-28(41-46-27)39-29(44)17-22-12-14-23(15-13-22)31-32-33(36)37-20-26-11-6-5-7-16-42(4)21-30(45)38-25-10-8-9-24(18-25)34(40-31)43(26)32;1-2/h6,11-15,19-20,24-25H,5,7-10,16-18,21H2,1-4H3,(H2,36,37)(H,38,45)(H,39,41,44);1-2H3/b11-6+;/t24-,25-;/m1./s1. The van der Waals surface area contributed by atoms with Crippen LogP contribution in [-0.4, -0.2) is 62.4 Å². The molecule has 2 bridgehead atoms. The number of carbonyl (C=O) groups excluding carboxylic acids is 2. The number of nitrogen functional groups attached to an aromatic ring is 1. The van der Waals surface area contributed by atoms with Gasteiger partial charge in [-0.3, -0.25) is 18.9 Å². The van der Waals surface area contributed by atoms with E-state index in [1.54, 1.807) is 6.07 Å². The van der Waals surface area contributed by atoms with Crippen molar-refractivity contribution < 1.29 is 14.1 Å². The molecule has 2 atom stereocenters. The molecule has 4 aromatic rings. The van der Waals surface area contributed by atoms with E-state index in [-0.39, 0.29) is 35.6 Å². The quantitative estimate of drug-likeness (QED) is 0.231. The molecule has 0 spiro atoms. The van der Waals surface area contributed by atoms with Crippen molar-refractivity contribution in [3.8, 4) is 11.3 Å². The summed E-state index contributed by atoms with van der Waals surface area (Å²) in [6.07, 6.45) is 11.9. The van der Waals surface area contributed by atoms with Crippen LogP contribution in [0, 0.1) is 0 Å². The summed E-state index contributed by atoms with van der Waals surface area (Å²) >= 11 is 0. The second-order valence-corrected chi connectivity index (χ2v) is 13.7. The van der Waals surface area contributed by atoms with Gasteiger partial charge in [0.1, 0.15) is 28.6 Å². The lowest BCUT2D eigenvalue weighted by atomic mass is 9.85. The second-order valence-electron chi connectivity index (χ2n) is 13.7. The predicted octanol–water partition coefficient (Wildman–Crippen LogP) is 6.35. The summed E-state index contributed by atoms with van der Waals surface area (Å²) in [5.74, 6) is 2.52. The zero-order valence-electron chi connectivity index (χ0n) is 29.2. The number of nitrogens with one attached hydrogen (secondary N) is 2. The summed E-state index contributed by atoms with van der Waals surface area (Å²) in [6.45, 7) is 11.3. The lowest BCUT2D eigenvalue weighted by Gasteiger charge is -2.30. The Balaban J connectivity index is 0.00000221. The molecule has 1 aliphatic heterocycles. The van der Waals surface area contributed by atoms with E-state index in [0.717, 1.165) is 78.9 Å². The number of amides is 2. The van der Waals surface area contributed by atoms with E-state index < -0.39 is 0 Å². The summed E-state index contributed by atoms with van der Waals surface area (Å²) in [7, 11) is 2.00. The number of rotatable bonds is 4. The lowest BCUT2D eigenvalue weighted by molar-refractivity contribution is -0.123. The number of aromatic nitrogens is 4. The Morgan fingerprint density at radius 1 is 1.15 bits per heavy atom. The molecule has 256 valence electrons. The molecule has 11 heteroatoms. The minimum absolute atomic E-state index is 0.0748. The number of nitrogens with two attached hydrogens (primary N) is 1. The summed E-state index contributed by atoms with van der Waals surface area (Å²) < 4.78 is 7.56. The molecule has 48 heavy (non-hydrogen) atoms. The van der Waals surface area contributed by atoms with Gasteiger partial charge in [0.25, 0.3) is 0 Å². The molecule has 4 N–H and O–H groups in total. The smallest absolute Gasteiger partial charge is 0.234 e. The van der Waals surface area contributed by atoms with Crippen LogP contribution in [0.2, 0.25) is 0 Å². The van der Waals surface area contributed by atoms with Gasteiger partial charge in [0.05, 0.1) is 24.9 Å². The van der Waals surface area contributed by atoms with E-state index in [4.69, 9.17) is 15.2 Å². The highest BCUT2D eigenvalue weighted by molar-refractivity contribution is 5.92. The van der Waals surface area contributed by atoms with Gasteiger partial charge in [0.15, 0.2) is 5.82 Å². The molecule has 6 rings (SSSR count). The number of allylic oxidation sites excluding steroid dienone is 1. The van der Waals surface area contributed by atoms with Crippen LogP contribution >= 0.6 is 0 Å². The van der Waals surface area contributed by atoms with Crippen LogP contribution in [0.15, 0.2) is 47.1 Å². The maximum Gasteiger partial charge on any atom is 0.234 e. The molecule has 1 aliphatic carbocycles. The molecule has 1 saturated carbocycles. The van der Waals surface area contributed by atoms with Gasteiger partial charge >= 0.3 is 0 Å². The number of imidazole rings is 1.